The number of hydrogen-bond acceptors (Lipinski definition) is 6. The van der Waals surface area contributed by atoms with Crippen LogP contribution in [0.4, 0.5) is 22.0 Å². The van der Waals surface area contributed by atoms with Crippen molar-refractivity contribution in [2.24, 2.45) is 0 Å². The average molecular weight is 654 g/mol. The second-order valence-electron chi connectivity index (χ2n) is 12.0. The number of halogens is 5. The van der Waals surface area contributed by atoms with Crippen molar-refractivity contribution in [1.82, 2.24) is 16.0 Å². The van der Waals surface area contributed by atoms with Gasteiger partial charge < -0.3 is 20.5 Å². The summed E-state index contributed by atoms with van der Waals surface area (Å²) in [5.74, 6) is -6.73. The minimum Gasteiger partial charge on any atom is -0.503 e. The van der Waals surface area contributed by atoms with Crippen molar-refractivity contribution in [2.75, 3.05) is 13.2 Å². The fourth-order valence-corrected chi connectivity index (χ4v) is 6.09. The number of Topliss-reactive ketones (excluding diaryl/α,β-unsaturated/α-hetero) is 1. The number of ether oxygens (including phenoxy) is 1. The predicted octanol–water partition coefficient (Wildman–Crippen LogP) is 5.28. The number of carbonyl (C=O) groups is 3. The van der Waals surface area contributed by atoms with Crippen LogP contribution in [-0.2, 0) is 25.5 Å². The topological polar surface area (TPSA) is 117 Å². The Morgan fingerprint density at radius 3 is 2.13 bits per heavy atom. The van der Waals surface area contributed by atoms with Gasteiger partial charge in [0.05, 0.1) is 12.1 Å². The van der Waals surface area contributed by atoms with Gasteiger partial charge in [0.2, 0.25) is 11.7 Å². The number of amides is 2. The maximum atomic E-state index is 14.5. The molecule has 2 aliphatic rings. The third-order valence-corrected chi connectivity index (χ3v) is 8.62. The fraction of sp³-hybridized carbons (Fsp3) is 0.545. The molecule has 0 spiro atoms. The van der Waals surface area contributed by atoms with E-state index in [1.165, 1.54) is 12.1 Å². The Labute approximate surface area is 264 Å². The largest absolute Gasteiger partial charge is 0.503 e. The van der Waals surface area contributed by atoms with E-state index in [0.29, 0.717) is 32.5 Å². The lowest BCUT2D eigenvalue weighted by molar-refractivity contribution is -0.161. The van der Waals surface area contributed by atoms with Gasteiger partial charge in [0.25, 0.3) is 5.91 Å². The number of carbonyl (C=O) groups excluding carboxylic acids is 3. The summed E-state index contributed by atoms with van der Waals surface area (Å²) >= 11 is 0. The first-order valence-corrected chi connectivity index (χ1v) is 15.7. The van der Waals surface area contributed by atoms with Crippen molar-refractivity contribution in [3.05, 3.63) is 64.7 Å². The Bertz CT molecular complexity index is 1340. The average Bonchev–Trinajstić information content (AvgIpc) is 3.54. The van der Waals surface area contributed by atoms with Gasteiger partial charge in [0, 0.05) is 19.3 Å². The van der Waals surface area contributed by atoms with Gasteiger partial charge in [-0.2, -0.15) is 13.2 Å². The zero-order valence-electron chi connectivity index (χ0n) is 25.6. The van der Waals surface area contributed by atoms with Crippen LogP contribution in [0.2, 0.25) is 0 Å². The molecule has 2 aromatic rings. The molecule has 2 fully saturated rings. The highest BCUT2D eigenvalue weighted by Crippen LogP contribution is 2.35. The molecule has 46 heavy (non-hydrogen) atoms. The quantitative estimate of drug-likeness (QED) is 0.173. The van der Waals surface area contributed by atoms with Crippen molar-refractivity contribution in [3.63, 3.8) is 0 Å². The van der Waals surface area contributed by atoms with Crippen LogP contribution in [0.25, 0.3) is 0 Å². The third-order valence-electron chi connectivity index (χ3n) is 8.62. The van der Waals surface area contributed by atoms with E-state index in [1.54, 1.807) is 19.1 Å². The number of alkyl halides is 3. The Morgan fingerprint density at radius 2 is 1.57 bits per heavy atom. The second kappa shape index (κ2) is 15.8. The monoisotopic (exact) mass is 653 g/mol. The molecule has 1 saturated heterocycles. The number of benzene rings is 2. The number of rotatable bonds is 13. The lowest BCUT2D eigenvalue weighted by Crippen LogP contribution is -2.55. The molecule has 1 saturated carbocycles. The summed E-state index contributed by atoms with van der Waals surface area (Å²) in [5.41, 5.74) is 0.448. The molecular formula is C33H40F5N3O5. The van der Waals surface area contributed by atoms with Crippen LogP contribution in [-0.4, -0.2) is 60.2 Å². The first-order valence-electron chi connectivity index (χ1n) is 15.7. The molecule has 3 atom stereocenters. The minimum atomic E-state index is -4.90. The van der Waals surface area contributed by atoms with Crippen molar-refractivity contribution in [1.29, 1.82) is 0 Å². The molecule has 0 aromatic heterocycles. The highest BCUT2D eigenvalue weighted by atomic mass is 19.4. The van der Waals surface area contributed by atoms with Gasteiger partial charge in [-0.25, -0.2) is 8.78 Å². The highest BCUT2D eigenvalue weighted by Gasteiger charge is 2.43. The molecule has 8 nitrogen and oxygen atoms in total. The summed E-state index contributed by atoms with van der Waals surface area (Å²) in [6.45, 7) is 2.82. The molecule has 1 aliphatic heterocycles. The van der Waals surface area contributed by atoms with Gasteiger partial charge in [0.1, 0.15) is 6.04 Å². The number of phenolic OH excluding ortho intramolecular Hbond substituents is 1. The van der Waals surface area contributed by atoms with Crippen LogP contribution >= 0.6 is 0 Å². The normalized spacial score (nSPS) is 18.1. The van der Waals surface area contributed by atoms with Gasteiger partial charge in [0.15, 0.2) is 17.4 Å². The Balaban J connectivity index is 1.60. The van der Waals surface area contributed by atoms with E-state index in [0.717, 1.165) is 43.4 Å². The molecule has 13 heteroatoms. The Hall–Kier alpha value is -3.58. The summed E-state index contributed by atoms with van der Waals surface area (Å²) in [6.07, 6.45) is -0.430. The van der Waals surface area contributed by atoms with Crippen molar-refractivity contribution >= 4 is 17.6 Å². The van der Waals surface area contributed by atoms with E-state index in [-0.39, 0.29) is 29.5 Å². The molecule has 4 N–H and O–H groups in total. The van der Waals surface area contributed by atoms with E-state index in [9.17, 15) is 41.4 Å². The lowest BCUT2D eigenvalue weighted by atomic mass is 9.90. The van der Waals surface area contributed by atoms with Gasteiger partial charge in [-0.05, 0) is 73.3 Å². The van der Waals surface area contributed by atoms with E-state index in [2.05, 4.69) is 16.0 Å². The van der Waals surface area contributed by atoms with E-state index in [1.807, 2.05) is 0 Å². The number of ketones is 1. The van der Waals surface area contributed by atoms with E-state index >= 15 is 0 Å². The zero-order valence-corrected chi connectivity index (χ0v) is 25.6. The van der Waals surface area contributed by atoms with Crippen LogP contribution in [0.1, 0.15) is 86.9 Å². The number of phenols is 1. The number of hydrogen-bond donors (Lipinski definition) is 4. The molecular weight excluding hydrogens is 613 g/mol. The van der Waals surface area contributed by atoms with Crippen molar-refractivity contribution in [3.8, 4) is 5.75 Å². The van der Waals surface area contributed by atoms with E-state index < -0.39 is 65.7 Å². The molecule has 4 rings (SSSR count). The SMILES string of the molecule is CCC[C@H](NC(=O)[C@H](Cc1cc(F)c(O)c(F)c1)N[C@@H](c1ccc(C2CCOCC2)cc1)C(F)(F)F)C(=O)C(=O)NC1CCCC1. The smallest absolute Gasteiger partial charge is 0.407 e. The number of aromatic hydroxyl groups is 1. The maximum absolute atomic E-state index is 14.5. The maximum Gasteiger partial charge on any atom is 0.407 e. The molecule has 0 unspecified atom stereocenters. The molecule has 2 aromatic carbocycles. The van der Waals surface area contributed by atoms with Crippen LogP contribution in [0, 0.1) is 11.6 Å². The molecule has 252 valence electrons. The van der Waals surface area contributed by atoms with Crippen LogP contribution in [0.3, 0.4) is 0 Å². The molecule has 0 bridgehead atoms. The first kappa shape index (κ1) is 35.3. The molecule has 2 amide bonds. The Kier molecular flexibility index (Phi) is 12.1. The predicted molar refractivity (Wildman–Crippen MR) is 159 cm³/mol. The third kappa shape index (κ3) is 9.25. The summed E-state index contributed by atoms with van der Waals surface area (Å²) < 4.78 is 77.4. The van der Waals surface area contributed by atoms with Crippen LogP contribution in [0.15, 0.2) is 36.4 Å². The van der Waals surface area contributed by atoms with Crippen molar-refractivity contribution in [2.45, 2.75) is 101 Å². The van der Waals surface area contributed by atoms with E-state index in [4.69, 9.17) is 4.74 Å². The second-order valence-corrected chi connectivity index (χ2v) is 12.0. The summed E-state index contributed by atoms with van der Waals surface area (Å²) in [7, 11) is 0. The van der Waals surface area contributed by atoms with Crippen LogP contribution in [0.5, 0.6) is 5.75 Å². The number of nitrogens with one attached hydrogen (secondary N) is 3. The van der Waals surface area contributed by atoms with Gasteiger partial charge in [-0.1, -0.05) is 50.5 Å². The highest BCUT2D eigenvalue weighted by molar-refractivity contribution is 6.38. The minimum absolute atomic E-state index is 0.0359. The first-order chi connectivity index (χ1) is 21.9. The van der Waals surface area contributed by atoms with Crippen LogP contribution < -0.4 is 16.0 Å². The molecule has 0 radical (unpaired) electrons. The molecule has 1 aliphatic carbocycles. The lowest BCUT2D eigenvalue weighted by Gasteiger charge is -2.29. The summed E-state index contributed by atoms with van der Waals surface area (Å²) in [6, 6.07) is 1.65. The fourth-order valence-electron chi connectivity index (χ4n) is 6.09. The standard InChI is InChI=1S/C33H40F5N3O5/c1-2-5-26(29(43)32(45)39-23-6-3-4-7-23)41-31(44)27(18-19-16-24(34)28(42)25(35)17-19)40-30(33(36,37)38)22-10-8-20(9-11-22)21-12-14-46-15-13-21/h8-11,16-17,21,23,26-27,30,40,42H,2-7,12-15,18H2,1H3,(H,39,45)(H,41,44)/t26-,27-,30-/m0/s1. The van der Waals surface area contributed by atoms with Crippen molar-refractivity contribution < 1.29 is 46.2 Å². The van der Waals surface area contributed by atoms with Gasteiger partial charge in [-0.15, -0.1) is 0 Å². The summed E-state index contributed by atoms with van der Waals surface area (Å²) in [4.78, 5) is 39.4. The summed E-state index contributed by atoms with van der Waals surface area (Å²) in [5, 5.41) is 16.9. The van der Waals surface area contributed by atoms with Gasteiger partial charge in [-0.3, -0.25) is 19.7 Å². The Morgan fingerprint density at radius 1 is 0.957 bits per heavy atom. The zero-order chi connectivity index (χ0) is 33.4. The van der Waals surface area contributed by atoms with Gasteiger partial charge >= 0.3 is 6.18 Å². The molecule has 1 heterocycles.